The smallest absolute Gasteiger partial charge is 0.350 e. The average Bonchev–Trinajstić information content (AvgIpc) is 3.26. The second-order valence-electron chi connectivity index (χ2n) is 5.10. The number of nitrogens with one attached hydrogen (secondary N) is 1. The number of pyridine rings is 1. The number of hydrogen-bond acceptors (Lipinski definition) is 7. The number of carbonyl (C=O) groups excluding carboxylic acids is 2. The Morgan fingerprint density at radius 2 is 2.25 bits per heavy atom. The topological polar surface area (TPSA) is 77.5 Å². The lowest BCUT2D eigenvalue weighted by Crippen LogP contribution is -2.17. The first-order valence-electron chi connectivity index (χ1n) is 7.35. The predicted octanol–water partition coefficient (Wildman–Crippen LogP) is 3.07. The Hall–Kier alpha value is -2.06. The Kier molecular flexibility index (Phi) is 5.37. The zero-order valence-electron chi connectivity index (χ0n) is 13.0. The van der Waals surface area contributed by atoms with Crippen molar-refractivity contribution in [3.8, 4) is 5.88 Å². The Bertz CT molecular complexity index is 741. The standard InChI is InChI=1S/C16H16N2O4S2/c1-21-16(20)14-12(4-7-24-14)18-15(19)10-2-5-17-13(8-10)22-11-3-6-23-9-11/h2,4-5,7-8,11H,3,6,9H2,1H3,(H,18,19)/t11-/m0/s1. The summed E-state index contributed by atoms with van der Waals surface area (Å²) in [6.07, 6.45) is 2.67. The lowest BCUT2D eigenvalue weighted by Gasteiger charge is -2.12. The van der Waals surface area contributed by atoms with Gasteiger partial charge in [-0.25, -0.2) is 9.78 Å². The van der Waals surface area contributed by atoms with Crippen LogP contribution < -0.4 is 10.1 Å². The van der Waals surface area contributed by atoms with Crippen LogP contribution in [0.1, 0.15) is 26.5 Å². The molecule has 6 nitrogen and oxygen atoms in total. The number of anilines is 1. The second-order valence-corrected chi connectivity index (χ2v) is 7.16. The number of amides is 1. The molecule has 0 aliphatic carbocycles. The molecule has 0 saturated carbocycles. The highest BCUT2D eigenvalue weighted by Gasteiger charge is 2.19. The van der Waals surface area contributed by atoms with Crippen LogP contribution in [-0.4, -0.2) is 41.6 Å². The van der Waals surface area contributed by atoms with E-state index in [2.05, 4.69) is 10.3 Å². The third kappa shape index (κ3) is 3.88. The van der Waals surface area contributed by atoms with Gasteiger partial charge >= 0.3 is 5.97 Å². The van der Waals surface area contributed by atoms with Gasteiger partial charge in [0.05, 0.1) is 12.8 Å². The minimum absolute atomic E-state index is 0.142. The molecule has 3 rings (SSSR count). The maximum absolute atomic E-state index is 12.4. The minimum Gasteiger partial charge on any atom is -0.473 e. The highest BCUT2D eigenvalue weighted by molar-refractivity contribution is 7.99. The summed E-state index contributed by atoms with van der Waals surface area (Å²) in [5.74, 6) is 1.66. The van der Waals surface area contributed by atoms with E-state index in [0.29, 0.717) is 22.0 Å². The van der Waals surface area contributed by atoms with Crippen molar-refractivity contribution in [2.24, 2.45) is 0 Å². The van der Waals surface area contributed by atoms with Gasteiger partial charge in [-0.05, 0) is 29.7 Å². The largest absolute Gasteiger partial charge is 0.473 e. The number of thioether (sulfide) groups is 1. The van der Waals surface area contributed by atoms with Crippen molar-refractivity contribution >= 4 is 40.7 Å². The fourth-order valence-electron chi connectivity index (χ4n) is 2.24. The van der Waals surface area contributed by atoms with Gasteiger partial charge in [0.25, 0.3) is 5.91 Å². The molecule has 0 spiro atoms. The molecule has 1 aliphatic heterocycles. The molecule has 0 unspecified atom stereocenters. The van der Waals surface area contributed by atoms with Gasteiger partial charge in [-0.15, -0.1) is 11.3 Å². The van der Waals surface area contributed by atoms with Crippen LogP contribution in [0.3, 0.4) is 0 Å². The predicted molar refractivity (Wildman–Crippen MR) is 94.2 cm³/mol. The summed E-state index contributed by atoms with van der Waals surface area (Å²) >= 11 is 3.06. The number of rotatable bonds is 5. The van der Waals surface area contributed by atoms with E-state index in [9.17, 15) is 9.59 Å². The van der Waals surface area contributed by atoms with Gasteiger partial charge in [0, 0.05) is 23.6 Å². The molecule has 0 bridgehead atoms. The second kappa shape index (κ2) is 7.67. The van der Waals surface area contributed by atoms with Crippen LogP contribution in [0.4, 0.5) is 5.69 Å². The summed E-state index contributed by atoms with van der Waals surface area (Å²) in [4.78, 5) is 28.6. The van der Waals surface area contributed by atoms with Gasteiger partial charge in [-0.2, -0.15) is 11.8 Å². The molecule has 0 radical (unpaired) electrons. The first kappa shape index (κ1) is 16.8. The van der Waals surface area contributed by atoms with Gasteiger partial charge < -0.3 is 14.8 Å². The van der Waals surface area contributed by atoms with Crippen molar-refractivity contribution in [2.45, 2.75) is 12.5 Å². The van der Waals surface area contributed by atoms with Crippen molar-refractivity contribution in [3.63, 3.8) is 0 Å². The molecule has 1 aliphatic rings. The summed E-state index contributed by atoms with van der Waals surface area (Å²) in [5.41, 5.74) is 0.857. The number of ether oxygens (including phenoxy) is 2. The minimum atomic E-state index is -0.474. The number of aromatic nitrogens is 1. The van der Waals surface area contributed by atoms with Gasteiger partial charge in [0.15, 0.2) is 0 Å². The molecule has 2 aromatic heterocycles. The number of thiophene rings is 1. The van der Waals surface area contributed by atoms with Gasteiger partial charge in [-0.3, -0.25) is 4.79 Å². The molecule has 1 atom stereocenters. The number of hydrogen-bond donors (Lipinski definition) is 1. The molecule has 1 saturated heterocycles. The van der Waals surface area contributed by atoms with E-state index in [1.165, 1.54) is 18.4 Å². The summed E-state index contributed by atoms with van der Waals surface area (Å²) in [6, 6.07) is 4.89. The van der Waals surface area contributed by atoms with Crippen LogP contribution in [0.5, 0.6) is 5.88 Å². The molecule has 0 aromatic carbocycles. The van der Waals surface area contributed by atoms with E-state index in [1.54, 1.807) is 29.8 Å². The fraction of sp³-hybridized carbons (Fsp3) is 0.312. The quantitative estimate of drug-likeness (QED) is 0.822. The highest BCUT2D eigenvalue weighted by Crippen LogP contribution is 2.25. The van der Waals surface area contributed by atoms with Crippen molar-refractivity contribution in [1.82, 2.24) is 4.98 Å². The SMILES string of the molecule is COC(=O)c1sccc1NC(=O)c1ccnc(O[C@H]2CCSC2)c1. The fourth-order valence-corrected chi connectivity index (χ4v) is 4.10. The average molecular weight is 364 g/mol. The summed E-state index contributed by atoms with van der Waals surface area (Å²) in [5, 5.41) is 4.45. The number of carbonyl (C=O) groups is 2. The van der Waals surface area contributed by atoms with E-state index in [4.69, 9.17) is 9.47 Å². The maximum atomic E-state index is 12.4. The summed E-state index contributed by atoms with van der Waals surface area (Å²) in [7, 11) is 1.31. The van der Waals surface area contributed by atoms with Crippen molar-refractivity contribution < 1.29 is 19.1 Å². The van der Waals surface area contributed by atoms with Gasteiger partial charge in [-0.1, -0.05) is 0 Å². The van der Waals surface area contributed by atoms with Crippen LogP contribution in [0.25, 0.3) is 0 Å². The Morgan fingerprint density at radius 3 is 3.00 bits per heavy atom. The monoisotopic (exact) mass is 364 g/mol. The molecule has 2 aromatic rings. The molecule has 1 fully saturated rings. The Balaban J connectivity index is 1.71. The van der Waals surface area contributed by atoms with Crippen molar-refractivity contribution in [1.29, 1.82) is 0 Å². The summed E-state index contributed by atoms with van der Waals surface area (Å²) < 4.78 is 10.5. The number of nitrogens with zero attached hydrogens (tertiary/aromatic N) is 1. The molecule has 1 N–H and O–H groups in total. The van der Waals surface area contributed by atoms with E-state index in [0.717, 1.165) is 17.9 Å². The molecule has 24 heavy (non-hydrogen) atoms. The van der Waals surface area contributed by atoms with Crippen LogP contribution in [0, 0.1) is 0 Å². The first-order valence-corrected chi connectivity index (χ1v) is 9.38. The summed E-state index contributed by atoms with van der Waals surface area (Å²) in [6.45, 7) is 0. The molecular formula is C16H16N2O4S2. The molecule has 126 valence electrons. The Labute approximate surface area is 147 Å². The van der Waals surface area contributed by atoms with Crippen molar-refractivity contribution in [2.75, 3.05) is 23.9 Å². The van der Waals surface area contributed by atoms with E-state index in [-0.39, 0.29) is 12.0 Å². The number of esters is 1. The van der Waals surface area contributed by atoms with E-state index in [1.807, 2.05) is 11.8 Å². The van der Waals surface area contributed by atoms with Crippen LogP contribution in [-0.2, 0) is 4.74 Å². The number of methoxy groups -OCH3 is 1. The van der Waals surface area contributed by atoms with Crippen molar-refractivity contribution in [3.05, 3.63) is 40.2 Å². The van der Waals surface area contributed by atoms with Crippen LogP contribution in [0.15, 0.2) is 29.8 Å². The van der Waals surface area contributed by atoms with Gasteiger partial charge in [0.1, 0.15) is 11.0 Å². The normalized spacial score (nSPS) is 16.6. The molecule has 1 amide bonds. The van der Waals surface area contributed by atoms with Gasteiger partial charge in [0.2, 0.25) is 5.88 Å². The molecule has 8 heteroatoms. The third-order valence-electron chi connectivity index (χ3n) is 3.46. The first-order chi connectivity index (χ1) is 11.7. The molecule has 3 heterocycles. The van der Waals surface area contributed by atoms with E-state index >= 15 is 0 Å². The maximum Gasteiger partial charge on any atom is 0.350 e. The van der Waals surface area contributed by atoms with Crippen LogP contribution >= 0.6 is 23.1 Å². The van der Waals surface area contributed by atoms with E-state index < -0.39 is 5.97 Å². The Morgan fingerprint density at radius 1 is 1.38 bits per heavy atom. The zero-order valence-corrected chi connectivity index (χ0v) is 14.6. The highest BCUT2D eigenvalue weighted by atomic mass is 32.2. The molecular weight excluding hydrogens is 348 g/mol. The zero-order chi connectivity index (χ0) is 16.9. The lowest BCUT2D eigenvalue weighted by molar-refractivity contribution is 0.0607. The third-order valence-corrected chi connectivity index (χ3v) is 5.48. The van der Waals surface area contributed by atoms with Crippen LogP contribution in [0.2, 0.25) is 0 Å². The lowest BCUT2D eigenvalue weighted by atomic mass is 10.2.